The summed E-state index contributed by atoms with van der Waals surface area (Å²) in [4.78, 5) is 30.8. The first kappa shape index (κ1) is 25.1. The number of allylic oxidation sites excluding steroid dienone is 1. The highest BCUT2D eigenvalue weighted by Crippen LogP contribution is 2.36. The zero-order valence-corrected chi connectivity index (χ0v) is 19.9. The molecule has 1 aromatic carbocycles. The third-order valence-corrected chi connectivity index (χ3v) is 4.67. The molecule has 3 aromatic rings. The van der Waals surface area contributed by atoms with Crippen molar-refractivity contribution in [1.29, 1.82) is 0 Å². The highest BCUT2D eigenvalue weighted by atomic mass is 16.5. The monoisotopic (exact) mass is 480 g/mol. The van der Waals surface area contributed by atoms with E-state index in [1.165, 1.54) is 19.5 Å². The summed E-state index contributed by atoms with van der Waals surface area (Å²) >= 11 is 0. The fraction of sp³-hybridized carbons (Fsp3) is 0.273. The fourth-order valence-electron chi connectivity index (χ4n) is 2.98. The number of likely N-dealkylation sites (N-methyl/N-ethyl adjacent to an activating group) is 1. The molecular formula is C22H28N10O3. The Morgan fingerprint density at radius 1 is 1.34 bits per heavy atom. The number of aromatic carboxylic acids is 1. The Labute approximate surface area is 202 Å². The molecule has 35 heavy (non-hydrogen) atoms. The van der Waals surface area contributed by atoms with E-state index in [4.69, 9.17) is 10.5 Å². The second kappa shape index (κ2) is 11.6. The van der Waals surface area contributed by atoms with Gasteiger partial charge in [-0.25, -0.2) is 14.8 Å². The summed E-state index contributed by atoms with van der Waals surface area (Å²) in [6, 6.07) is 5.31. The van der Waals surface area contributed by atoms with E-state index in [-0.39, 0.29) is 17.3 Å². The number of aromatic nitrogens is 5. The van der Waals surface area contributed by atoms with Gasteiger partial charge in [0.05, 0.1) is 30.6 Å². The molecule has 2 heterocycles. The molecule has 0 unspecified atom stereocenters. The summed E-state index contributed by atoms with van der Waals surface area (Å²) in [5.41, 5.74) is 7.13. The number of carbonyl (C=O) groups is 1. The summed E-state index contributed by atoms with van der Waals surface area (Å²) in [7, 11) is 7.18. The molecule has 0 saturated carbocycles. The standard InChI is InChI=1S/C22H28N10O3/c1-31(2)9-8-24-11-14(10-23)27-22-25-12-16(21(33)34)20(29-22)28-17-7-5-6-15(18(17)35-4)19-26-13-32(3)30-19/h5-7,10-13H,8-9,23H2,1-4H3,(H,33,34)(H2,25,27,28,29)/b14-10+,24-11?. The van der Waals surface area contributed by atoms with Gasteiger partial charge in [-0.2, -0.15) is 10.1 Å². The molecule has 0 fully saturated rings. The predicted octanol–water partition coefficient (Wildman–Crippen LogP) is 1.57. The minimum Gasteiger partial charge on any atom is -0.494 e. The average Bonchev–Trinajstić information content (AvgIpc) is 3.26. The maximum absolute atomic E-state index is 11.8. The number of carboxylic acids is 1. The quantitative estimate of drug-likeness (QED) is 0.294. The number of hydrogen-bond acceptors (Lipinski definition) is 11. The number of nitrogens with one attached hydrogen (secondary N) is 2. The molecule has 0 aliphatic carbocycles. The van der Waals surface area contributed by atoms with Gasteiger partial charge in [0.2, 0.25) is 5.95 Å². The second-order valence-corrected chi connectivity index (χ2v) is 7.60. The lowest BCUT2D eigenvalue weighted by molar-refractivity contribution is 0.0697. The van der Waals surface area contributed by atoms with Gasteiger partial charge in [-0.05, 0) is 26.2 Å². The van der Waals surface area contributed by atoms with Crippen molar-refractivity contribution in [2.75, 3.05) is 44.9 Å². The molecule has 5 N–H and O–H groups in total. The van der Waals surface area contributed by atoms with Crippen LogP contribution in [0.2, 0.25) is 0 Å². The summed E-state index contributed by atoms with van der Waals surface area (Å²) in [5, 5.41) is 20.0. The lowest BCUT2D eigenvalue weighted by atomic mass is 10.1. The van der Waals surface area contributed by atoms with Gasteiger partial charge in [-0.1, -0.05) is 6.07 Å². The maximum Gasteiger partial charge on any atom is 0.341 e. The number of anilines is 3. The molecule has 0 saturated heterocycles. The number of nitrogens with zero attached hydrogens (tertiary/aromatic N) is 7. The molecule has 0 aliphatic heterocycles. The van der Waals surface area contributed by atoms with Gasteiger partial charge in [-0.3, -0.25) is 9.67 Å². The van der Waals surface area contributed by atoms with Gasteiger partial charge < -0.3 is 31.1 Å². The molecular weight excluding hydrogens is 452 g/mol. The average molecular weight is 481 g/mol. The summed E-state index contributed by atoms with van der Waals surface area (Å²) < 4.78 is 7.17. The van der Waals surface area contributed by atoms with Crippen LogP contribution < -0.4 is 21.1 Å². The van der Waals surface area contributed by atoms with Gasteiger partial charge >= 0.3 is 5.97 Å². The van der Waals surface area contributed by atoms with Gasteiger partial charge in [0.15, 0.2) is 17.4 Å². The molecule has 0 aliphatic rings. The molecule has 0 atom stereocenters. The smallest absolute Gasteiger partial charge is 0.341 e. The number of methoxy groups -OCH3 is 1. The van der Waals surface area contributed by atoms with E-state index < -0.39 is 5.97 Å². The number of rotatable bonds is 11. The van der Waals surface area contributed by atoms with Crippen LogP contribution in [0, 0.1) is 0 Å². The zero-order valence-electron chi connectivity index (χ0n) is 19.9. The number of hydrogen-bond donors (Lipinski definition) is 4. The number of aryl methyl sites for hydroxylation is 1. The number of benzene rings is 1. The van der Waals surface area contributed by atoms with Crippen molar-refractivity contribution < 1.29 is 14.6 Å². The van der Waals surface area contributed by atoms with E-state index >= 15 is 0 Å². The first-order chi connectivity index (χ1) is 16.8. The van der Waals surface area contributed by atoms with Gasteiger partial charge in [-0.15, -0.1) is 0 Å². The normalized spacial score (nSPS) is 11.7. The van der Waals surface area contributed by atoms with Crippen LogP contribution >= 0.6 is 0 Å². The largest absolute Gasteiger partial charge is 0.494 e. The number of aliphatic imine (C=N–C) groups is 1. The Kier molecular flexibility index (Phi) is 8.29. The molecule has 0 bridgehead atoms. The lowest BCUT2D eigenvalue weighted by Crippen LogP contribution is -2.16. The molecule has 13 nitrogen and oxygen atoms in total. The Balaban J connectivity index is 1.91. The van der Waals surface area contributed by atoms with E-state index in [1.54, 1.807) is 42.5 Å². The third-order valence-electron chi connectivity index (χ3n) is 4.67. The van der Waals surface area contributed by atoms with E-state index in [9.17, 15) is 9.90 Å². The number of ether oxygens (including phenoxy) is 1. The van der Waals surface area contributed by atoms with Crippen molar-refractivity contribution in [3.63, 3.8) is 0 Å². The number of para-hydroxylation sites is 1. The predicted molar refractivity (Wildman–Crippen MR) is 133 cm³/mol. The Hall–Kier alpha value is -4.52. The first-order valence-corrected chi connectivity index (χ1v) is 10.6. The third kappa shape index (κ3) is 6.51. The van der Waals surface area contributed by atoms with Crippen molar-refractivity contribution in [3.05, 3.63) is 48.2 Å². The minimum absolute atomic E-state index is 0.0559. The molecule has 0 amide bonds. The van der Waals surface area contributed by atoms with Crippen LogP contribution in [0.4, 0.5) is 17.5 Å². The van der Waals surface area contributed by atoms with Crippen LogP contribution in [0.1, 0.15) is 10.4 Å². The van der Waals surface area contributed by atoms with Crippen LogP contribution in [-0.2, 0) is 7.05 Å². The fourth-order valence-corrected chi connectivity index (χ4v) is 2.98. The minimum atomic E-state index is -1.19. The van der Waals surface area contributed by atoms with Crippen molar-refractivity contribution in [3.8, 4) is 17.1 Å². The molecule has 184 valence electrons. The van der Waals surface area contributed by atoms with E-state index in [2.05, 4.69) is 35.7 Å². The molecule has 2 aromatic heterocycles. The zero-order chi connectivity index (χ0) is 25.4. The van der Waals surface area contributed by atoms with Crippen molar-refractivity contribution >= 4 is 29.6 Å². The van der Waals surface area contributed by atoms with Gasteiger partial charge in [0, 0.05) is 32.2 Å². The van der Waals surface area contributed by atoms with E-state index in [0.717, 1.165) is 6.54 Å². The van der Waals surface area contributed by atoms with Crippen LogP contribution in [0.5, 0.6) is 5.75 Å². The first-order valence-electron chi connectivity index (χ1n) is 10.6. The van der Waals surface area contributed by atoms with Crippen LogP contribution in [-0.4, -0.2) is 81.2 Å². The Morgan fingerprint density at radius 3 is 2.77 bits per heavy atom. The summed E-state index contributed by atoms with van der Waals surface area (Å²) in [5.74, 6) is -0.114. The highest BCUT2D eigenvalue weighted by molar-refractivity contribution is 5.94. The number of nitrogens with two attached hydrogens (primary N) is 1. The lowest BCUT2D eigenvalue weighted by Gasteiger charge is -2.15. The van der Waals surface area contributed by atoms with Crippen molar-refractivity contribution in [1.82, 2.24) is 29.6 Å². The SMILES string of the molecule is COc1c(Nc2nc(N/C(C=NCCN(C)C)=C/N)ncc2C(=O)O)cccc1-c1ncn(C)n1. The summed E-state index contributed by atoms with van der Waals surface area (Å²) in [6.07, 6.45) is 5.67. The Bertz CT molecular complexity index is 1240. The van der Waals surface area contributed by atoms with E-state index in [1.807, 2.05) is 19.0 Å². The van der Waals surface area contributed by atoms with Crippen LogP contribution in [0.3, 0.4) is 0 Å². The van der Waals surface area contributed by atoms with Crippen molar-refractivity contribution in [2.45, 2.75) is 0 Å². The van der Waals surface area contributed by atoms with Crippen molar-refractivity contribution in [2.24, 2.45) is 17.8 Å². The molecule has 0 radical (unpaired) electrons. The topological polar surface area (TPSA) is 169 Å². The maximum atomic E-state index is 11.8. The summed E-state index contributed by atoms with van der Waals surface area (Å²) in [6.45, 7) is 1.36. The van der Waals surface area contributed by atoms with Gasteiger partial charge in [0.1, 0.15) is 11.9 Å². The Morgan fingerprint density at radius 2 is 2.14 bits per heavy atom. The highest BCUT2D eigenvalue weighted by Gasteiger charge is 2.19. The molecule has 13 heteroatoms. The number of carboxylic acid groups (broad SMARTS) is 1. The van der Waals surface area contributed by atoms with Gasteiger partial charge in [0.25, 0.3) is 0 Å². The van der Waals surface area contributed by atoms with Crippen LogP contribution in [0.25, 0.3) is 11.4 Å². The molecule has 0 spiro atoms. The molecule has 3 rings (SSSR count). The van der Waals surface area contributed by atoms with Crippen LogP contribution in [0.15, 0.2) is 47.6 Å². The van der Waals surface area contributed by atoms with E-state index in [0.29, 0.717) is 35.1 Å². The second-order valence-electron chi connectivity index (χ2n) is 7.60.